The minimum Gasteiger partial charge on any atom is -0.385 e. The van der Waals surface area contributed by atoms with E-state index in [2.05, 4.69) is 20.9 Å². The molecule has 1 saturated heterocycles. The molecule has 3 N–H and O–H groups in total. The number of anilines is 1. The van der Waals surface area contributed by atoms with E-state index in [1.165, 1.54) is 4.90 Å². The van der Waals surface area contributed by atoms with Crippen LogP contribution in [0.25, 0.3) is 0 Å². The van der Waals surface area contributed by atoms with Crippen molar-refractivity contribution in [2.75, 3.05) is 44.6 Å². The molecular formula is C18H28F3N5. The second kappa shape index (κ2) is 10.3. The van der Waals surface area contributed by atoms with Crippen molar-refractivity contribution in [2.24, 2.45) is 4.99 Å². The first kappa shape index (κ1) is 20.4. The lowest BCUT2D eigenvalue weighted by Crippen LogP contribution is -2.45. The van der Waals surface area contributed by atoms with Crippen molar-refractivity contribution in [3.8, 4) is 0 Å². The molecule has 1 aliphatic rings. The molecule has 0 spiro atoms. The van der Waals surface area contributed by atoms with E-state index in [0.29, 0.717) is 38.6 Å². The average molecular weight is 371 g/mol. The summed E-state index contributed by atoms with van der Waals surface area (Å²) in [5.74, 6) is 0.672. The van der Waals surface area contributed by atoms with Gasteiger partial charge < -0.3 is 16.0 Å². The zero-order valence-electron chi connectivity index (χ0n) is 15.1. The Labute approximate surface area is 153 Å². The Hall–Kier alpha value is -1.96. The lowest BCUT2D eigenvalue weighted by Gasteiger charge is -2.19. The summed E-state index contributed by atoms with van der Waals surface area (Å²) in [5.41, 5.74) is 1.08. The Morgan fingerprint density at radius 3 is 2.73 bits per heavy atom. The van der Waals surface area contributed by atoms with Gasteiger partial charge in [-0.25, -0.2) is 0 Å². The number of nitrogens with zero attached hydrogens (tertiary/aromatic N) is 2. The first-order chi connectivity index (χ1) is 12.5. The lowest BCUT2D eigenvalue weighted by molar-refractivity contribution is -0.143. The van der Waals surface area contributed by atoms with E-state index in [-0.39, 0.29) is 6.04 Å². The number of hydrogen-bond acceptors (Lipinski definition) is 3. The van der Waals surface area contributed by atoms with E-state index in [1.54, 1.807) is 0 Å². The van der Waals surface area contributed by atoms with E-state index in [9.17, 15) is 13.2 Å². The molecule has 146 valence electrons. The number of aliphatic imine (C=N–C) groups is 1. The maximum Gasteiger partial charge on any atom is 0.401 e. The van der Waals surface area contributed by atoms with Crippen molar-refractivity contribution in [2.45, 2.75) is 32.0 Å². The number of halogens is 3. The summed E-state index contributed by atoms with van der Waals surface area (Å²) in [6.07, 6.45) is -2.58. The first-order valence-electron chi connectivity index (χ1n) is 9.09. The third-order valence-corrected chi connectivity index (χ3v) is 4.07. The van der Waals surface area contributed by atoms with Gasteiger partial charge in [0.25, 0.3) is 0 Å². The predicted molar refractivity (Wildman–Crippen MR) is 99.6 cm³/mol. The molecule has 0 aliphatic carbocycles. The van der Waals surface area contributed by atoms with Crippen LogP contribution in [-0.2, 0) is 0 Å². The van der Waals surface area contributed by atoms with Crippen LogP contribution in [0, 0.1) is 0 Å². The van der Waals surface area contributed by atoms with E-state index < -0.39 is 12.7 Å². The normalized spacial score (nSPS) is 18.8. The maximum atomic E-state index is 12.5. The molecule has 1 fully saturated rings. The highest BCUT2D eigenvalue weighted by Crippen LogP contribution is 2.19. The van der Waals surface area contributed by atoms with Crippen LogP contribution in [-0.4, -0.2) is 62.3 Å². The van der Waals surface area contributed by atoms with Gasteiger partial charge in [-0.2, -0.15) is 13.2 Å². The fourth-order valence-corrected chi connectivity index (χ4v) is 2.92. The highest BCUT2D eigenvalue weighted by atomic mass is 19.4. The fourth-order valence-electron chi connectivity index (χ4n) is 2.92. The Kier molecular flexibility index (Phi) is 8.03. The number of benzene rings is 1. The van der Waals surface area contributed by atoms with Crippen LogP contribution in [0.2, 0.25) is 0 Å². The van der Waals surface area contributed by atoms with Crippen molar-refractivity contribution >= 4 is 11.6 Å². The number of guanidine groups is 1. The van der Waals surface area contributed by atoms with E-state index >= 15 is 0 Å². The molecule has 0 amide bonds. The van der Waals surface area contributed by atoms with Crippen LogP contribution in [0.5, 0.6) is 0 Å². The van der Waals surface area contributed by atoms with Crippen molar-refractivity contribution in [3.63, 3.8) is 0 Å². The molecular weight excluding hydrogens is 343 g/mol. The van der Waals surface area contributed by atoms with Gasteiger partial charge in [0.2, 0.25) is 0 Å². The van der Waals surface area contributed by atoms with Crippen molar-refractivity contribution < 1.29 is 13.2 Å². The van der Waals surface area contributed by atoms with Crippen molar-refractivity contribution in [1.82, 2.24) is 15.5 Å². The van der Waals surface area contributed by atoms with Crippen molar-refractivity contribution in [1.29, 1.82) is 0 Å². The first-order valence-corrected chi connectivity index (χ1v) is 9.09. The second-order valence-corrected chi connectivity index (χ2v) is 6.39. The van der Waals surface area contributed by atoms with Crippen LogP contribution in [0.1, 0.15) is 19.8 Å². The maximum absolute atomic E-state index is 12.5. The predicted octanol–water partition coefficient (Wildman–Crippen LogP) is 2.68. The Balaban J connectivity index is 1.71. The van der Waals surface area contributed by atoms with Crippen LogP contribution < -0.4 is 16.0 Å². The average Bonchev–Trinajstić information content (AvgIpc) is 3.00. The number of hydrogen-bond donors (Lipinski definition) is 3. The Morgan fingerprint density at radius 1 is 1.27 bits per heavy atom. The minimum absolute atomic E-state index is 0.00223. The number of para-hydroxylation sites is 1. The summed E-state index contributed by atoms with van der Waals surface area (Å²) < 4.78 is 37.4. The van der Waals surface area contributed by atoms with Gasteiger partial charge >= 0.3 is 6.18 Å². The monoisotopic (exact) mass is 371 g/mol. The summed E-state index contributed by atoms with van der Waals surface area (Å²) in [7, 11) is 0. The number of alkyl halides is 3. The highest BCUT2D eigenvalue weighted by Gasteiger charge is 2.34. The summed E-state index contributed by atoms with van der Waals surface area (Å²) >= 11 is 0. The molecule has 0 bridgehead atoms. The van der Waals surface area contributed by atoms with Gasteiger partial charge in [0.15, 0.2) is 5.96 Å². The second-order valence-electron chi connectivity index (χ2n) is 6.39. The summed E-state index contributed by atoms with van der Waals surface area (Å²) in [6, 6.07) is 9.97. The van der Waals surface area contributed by atoms with Gasteiger partial charge in [-0.15, -0.1) is 0 Å². The van der Waals surface area contributed by atoms with E-state index in [0.717, 1.165) is 18.7 Å². The molecule has 1 heterocycles. The molecule has 1 aromatic rings. The molecule has 1 aliphatic heterocycles. The molecule has 1 atom stereocenters. The van der Waals surface area contributed by atoms with Crippen LogP contribution in [0.4, 0.5) is 18.9 Å². The van der Waals surface area contributed by atoms with Gasteiger partial charge in [-0.3, -0.25) is 9.89 Å². The van der Waals surface area contributed by atoms with Crippen molar-refractivity contribution in [3.05, 3.63) is 30.3 Å². The third kappa shape index (κ3) is 7.95. The largest absolute Gasteiger partial charge is 0.401 e. The van der Waals surface area contributed by atoms with Gasteiger partial charge in [-0.1, -0.05) is 18.2 Å². The van der Waals surface area contributed by atoms with Crippen LogP contribution in [0.3, 0.4) is 0 Å². The van der Waals surface area contributed by atoms with Gasteiger partial charge in [0.05, 0.1) is 6.54 Å². The zero-order chi connectivity index (χ0) is 18.8. The van der Waals surface area contributed by atoms with Gasteiger partial charge in [-0.05, 0) is 31.9 Å². The van der Waals surface area contributed by atoms with Gasteiger partial charge in [0, 0.05) is 44.5 Å². The molecule has 0 saturated carbocycles. The van der Waals surface area contributed by atoms with Crippen LogP contribution >= 0.6 is 0 Å². The smallest absolute Gasteiger partial charge is 0.385 e. The van der Waals surface area contributed by atoms with Gasteiger partial charge in [0.1, 0.15) is 0 Å². The van der Waals surface area contributed by atoms with E-state index in [1.807, 2.05) is 37.3 Å². The molecule has 2 rings (SSSR count). The summed E-state index contributed by atoms with van der Waals surface area (Å²) in [4.78, 5) is 5.96. The van der Waals surface area contributed by atoms with E-state index in [4.69, 9.17) is 0 Å². The van der Waals surface area contributed by atoms with Crippen LogP contribution in [0.15, 0.2) is 35.3 Å². The number of nitrogens with one attached hydrogen (secondary N) is 3. The Bertz CT molecular complexity index is 548. The fraction of sp³-hybridized carbons (Fsp3) is 0.611. The molecule has 8 heteroatoms. The topological polar surface area (TPSA) is 51.7 Å². The SMILES string of the molecule is CCNC(=NCCCNc1ccccc1)NC1CCN(CC(F)(F)F)C1. The number of likely N-dealkylation sites (tertiary alicyclic amines) is 1. The number of rotatable bonds is 8. The molecule has 1 aromatic carbocycles. The molecule has 5 nitrogen and oxygen atoms in total. The molecule has 1 unspecified atom stereocenters. The summed E-state index contributed by atoms with van der Waals surface area (Å²) in [5, 5.41) is 9.74. The minimum atomic E-state index is -4.14. The molecule has 0 radical (unpaired) electrons. The molecule has 26 heavy (non-hydrogen) atoms. The Morgan fingerprint density at radius 2 is 2.04 bits per heavy atom. The quantitative estimate of drug-likeness (QED) is 0.374. The summed E-state index contributed by atoms with van der Waals surface area (Å²) in [6.45, 7) is 4.15. The highest BCUT2D eigenvalue weighted by molar-refractivity contribution is 5.80. The zero-order valence-corrected chi connectivity index (χ0v) is 15.1. The standard InChI is InChI=1S/C18H28F3N5/c1-2-22-17(24-11-6-10-23-15-7-4-3-5-8-15)25-16-9-12-26(13-16)14-18(19,20)21/h3-5,7-8,16,23H,2,6,9-14H2,1H3,(H2,22,24,25). The molecule has 0 aromatic heterocycles. The lowest BCUT2D eigenvalue weighted by atomic mass is 10.3. The third-order valence-electron chi connectivity index (χ3n) is 4.07.